The van der Waals surface area contributed by atoms with Gasteiger partial charge in [0.25, 0.3) is 5.91 Å². The van der Waals surface area contributed by atoms with Gasteiger partial charge in [0.05, 0.1) is 0 Å². The van der Waals surface area contributed by atoms with Crippen molar-refractivity contribution in [2.45, 2.75) is 13.8 Å². The van der Waals surface area contributed by atoms with Crippen LogP contribution in [0.3, 0.4) is 0 Å². The molecule has 0 bridgehead atoms. The normalized spacial score (nSPS) is 14.9. The molecule has 1 aliphatic heterocycles. The molecule has 8 heteroatoms. The smallest absolute Gasteiger partial charge is 0.253 e. The summed E-state index contributed by atoms with van der Waals surface area (Å²) in [7, 11) is 1.81. The van der Waals surface area contributed by atoms with E-state index >= 15 is 0 Å². The zero-order chi connectivity index (χ0) is 18.3. The third-order valence-corrected chi connectivity index (χ3v) is 4.70. The predicted molar refractivity (Wildman–Crippen MR) is 98.1 cm³/mol. The van der Waals surface area contributed by atoms with Crippen molar-refractivity contribution in [3.8, 4) is 0 Å². The van der Waals surface area contributed by atoms with Crippen molar-refractivity contribution in [1.82, 2.24) is 29.9 Å². The molecule has 26 heavy (non-hydrogen) atoms. The van der Waals surface area contributed by atoms with Crippen LogP contribution in [0, 0.1) is 13.8 Å². The van der Waals surface area contributed by atoms with Gasteiger partial charge in [-0.3, -0.25) is 4.79 Å². The molecular weight excluding hydrogens is 330 g/mol. The van der Waals surface area contributed by atoms with Crippen LogP contribution >= 0.6 is 0 Å². The maximum atomic E-state index is 12.8. The first-order chi connectivity index (χ1) is 12.5. The van der Waals surface area contributed by atoms with Crippen molar-refractivity contribution in [2.75, 3.05) is 31.1 Å². The summed E-state index contributed by atoms with van der Waals surface area (Å²) in [5.74, 6) is 0.866. The van der Waals surface area contributed by atoms with E-state index in [0.717, 1.165) is 22.5 Å². The molecule has 0 N–H and O–H groups in total. The van der Waals surface area contributed by atoms with Gasteiger partial charge >= 0.3 is 0 Å². The van der Waals surface area contributed by atoms with E-state index in [1.807, 2.05) is 37.9 Å². The Morgan fingerprint density at radius 1 is 1.00 bits per heavy atom. The fourth-order valence-electron chi connectivity index (χ4n) is 3.47. The average molecular weight is 351 g/mol. The molecular formula is C18H21N7O. The number of hydrogen-bond acceptors (Lipinski definition) is 6. The Morgan fingerprint density at radius 3 is 2.38 bits per heavy atom. The molecule has 134 valence electrons. The summed E-state index contributed by atoms with van der Waals surface area (Å²) in [6.07, 6.45) is 1.54. The Hall–Kier alpha value is -3.03. The Kier molecular flexibility index (Phi) is 4.02. The minimum Gasteiger partial charge on any atom is -0.351 e. The van der Waals surface area contributed by atoms with Crippen LogP contribution in [0.5, 0.6) is 0 Å². The second-order valence-corrected chi connectivity index (χ2v) is 6.74. The van der Waals surface area contributed by atoms with E-state index in [2.05, 4.69) is 31.2 Å². The molecule has 3 heterocycles. The molecule has 1 fully saturated rings. The minimum absolute atomic E-state index is 0.0868. The summed E-state index contributed by atoms with van der Waals surface area (Å²) in [5, 5.41) is 8.20. The highest BCUT2D eigenvalue weighted by atomic mass is 16.2. The highest BCUT2D eigenvalue weighted by molar-refractivity contribution is 5.95. The van der Waals surface area contributed by atoms with Crippen molar-refractivity contribution < 1.29 is 4.79 Å². The number of nitrogens with zero attached hydrogens (tertiary/aromatic N) is 7. The van der Waals surface area contributed by atoms with Gasteiger partial charge in [0.2, 0.25) is 0 Å². The molecule has 1 saturated heterocycles. The number of amides is 1. The third kappa shape index (κ3) is 2.87. The van der Waals surface area contributed by atoms with Gasteiger partial charge in [-0.1, -0.05) is 22.4 Å². The second kappa shape index (κ2) is 6.36. The molecule has 1 amide bonds. The number of aromatic nitrogens is 5. The standard InChI is InChI=1S/C18H21N7O/c1-12-8-13(2)10-14(9-12)18(26)25-6-4-24(5-7-25)17-15-16(19-11-20-17)23(3)22-21-15/h8-11H,4-7H2,1-3H3. The van der Waals surface area contributed by atoms with Gasteiger partial charge in [0.1, 0.15) is 6.33 Å². The fraction of sp³-hybridized carbons (Fsp3) is 0.389. The van der Waals surface area contributed by atoms with Crippen LogP contribution in [0.25, 0.3) is 11.2 Å². The van der Waals surface area contributed by atoms with Crippen molar-refractivity contribution in [3.05, 3.63) is 41.2 Å². The van der Waals surface area contributed by atoms with Crippen molar-refractivity contribution in [2.24, 2.45) is 7.05 Å². The number of anilines is 1. The van der Waals surface area contributed by atoms with Crippen LogP contribution in [-0.2, 0) is 7.05 Å². The van der Waals surface area contributed by atoms with E-state index in [1.165, 1.54) is 6.33 Å². The first-order valence-electron chi connectivity index (χ1n) is 8.66. The SMILES string of the molecule is Cc1cc(C)cc(C(=O)N2CCN(c3ncnc4c3nnn4C)CC2)c1. The number of benzene rings is 1. The summed E-state index contributed by atoms with van der Waals surface area (Å²) in [4.78, 5) is 25.5. The lowest BCUT2D eigenvalue weighted by molar-refractivity contribution is 0.0746. The monoisotopic (exact) mass is 351 g/mol. The maximum absolute atomic E-state index is 12.8. The molecule has 8 nitrogen and oxygen atoms in total. The molecule has 3 aromatic rings. The Morgan fingerprint density at radius 2 is 1.69 bits per heavy atom. The predicted octanol–water partition coefficient (Wildman–Crippen LogP) is 1.34. The zero-order valence-corrected chi connectivity index (χ0v) is 15.2. The van der Waals surface area contributed by atoms with Crippen LogP contribution < -0.4 is 4.90 Å². The van der Waals surface area contributed by atoms with E-state index < -0.39 is 0 Å². The molecule has 0 atom stereocenters. The molecule has 4 rings (SSSR count). The number of fused-ring (bicyclic) bond motifs is 1. The van der Waals surface area contributed by atoms with Crippen LogP contribution in [0.1, 0.15) is 21.5 Å². The molecule has 1 aromatic carbocycles. The number of aryl methyl sites for hydroxylation is 3. The molecule has 0 spiro atoms. The van der Waals surface area contributed by atoms with Gasteiger partial charge < -0.3 is 9.80 Å². The van der Waals surface area contributed by atoms with E-state index in [0.29, 0.717) is 37.3 Å². The van der Waals surface area contributed by atoms with E-state index in [4.69, 9.17) is 0 Å². The Balaban J connectivity index is 1.51. The average Bonchev–Trinajstić information content (AvgIpc) is 3.02. The number of piperazine rings is 1. The quantitative estimate of drug-likeness (QED) is 0.693. The molecule has 0 aliphatic carbocycles. The van der Waals surface area contributed by atoms with Crippen LogP contribution in [-0.4, -0.2) is 61.9 Å². The van der Waals surface area contributed by atoms with Gasteiger partial charge in [0, 0.05) is 38.8 Å². The van der Waals surface area contributed by atoms with Crippen LogP contribution in [0.15, 0.2) is 24.5 Å². The second-order valence-electron chi connectivity index (χ2n) is 6.74. The maximum Gasteiger partial charge on any atom is 0.253 e. The van der Waals surface area contributed by atoms with Gasteiger partial charge in [-0.25, -0.2) is 14.6 Å². The van der Waals surface area contributed by atoms with E-state index in [1.54, 1.807) is 4.68 Å². The molecule has 0 saturated carbocycles. The molecule has 1 aliphatic rings. The number of rotatable bonds is 2. The Labute approximate surface area is 151 Å². The fourth-order valence-corrected chi connectivity index (χ4v) is 3.47. The highest BCUT2D eigenvalue weighted by Crippen LogP contribution is 2.22. The minimum atomic E-state index is 0.0868. The highest BCUT2D eigenvalue weighted by Gasteiger charge is 2.25. The lowest BCUT2D eigenvalue weighted by Gasteiger charge is -2.35. The molecule has 0 unspecified atom stereocenters. The molecule has 2 aromatic heterocycles. The summed E-state index contributed by atoms with van der Waals surface area (Å²) < 4.78 is 1.64. The first-order valence-corrected chi connectivity index (χ1v) is 8.66. The van der Waals surface area contributed by atoms with Crippen molar-refractivity contribution in [3.63, 3.8) is 0 Å². The summed E-state index contributed by atoms with van der Waals surface area (Å²) >= 11 is 0. The first kappa shape index (κ1) is 16.4. The van der Waals surface area contributed by atoms with Gasteiger partial charge in [-0.2, -0.15) is 0 Å². The zero-order valence-electron chi connectivity index (χ0n) is 15.2. The van der Waals surface area contributed by atoms with Crippen LogP contribution in [0.2, 0.25) is 0 Å². The summed E-state index contributed by atoms with van der Waals surface area (Å²) in [5.41, 5.74) is 4.39. The number of carbonyl (C=O) groups excluding carboxylic acids is 1. The number of carbonyl (C=O) groups is 1. The van der Waals surface area contributed by atoms with E-state index in [-0.39, 0.29) is 5.91 Å². The topological polar surface area (TPSA) is 80.0 Å². The molecule has 0 radical (unpaired) electrons. The van der Waals surface area contributed by atoms with Gasteiger partial charge in [0.15, 0.2) is 17.0 Å². The Bertz CT molecular complexity index is 953. The van der Waals surface area contributed by atoms with Gasteiger partial charge in [-0.15, -0.1) is 5.10 Å². The lowest BCUT2D eigenvalue weighted by Crippen LogP contribution is -2.49. The van der Waals surface area contributed by atoms with Gasteiger partial charge in [-0.05, 0) is 26.0 Å². The van der Waals surface area contributed by atoms with E-state index in [9.17, 15) is 4.79 Å². The summed E-state index contributed by atoms with van der Waals surface area (Å²) in [6.45, 7) is 6.75. The van der Waals surface area contributed by atoms with Crippen LogP contribution in [0.4, 0.5) is 5.82 Å². The largest absolute Gasteiger partial charge is 0.351 e. The summed E-state index contributed by atoms with van der Waals surface area (Å²) in [6, 6.07) is 5.99. The lowest BCUT2D eigenvalue weighted by atomic mass is 10.1. The third-order valence-electron chi connectivity index (χ3n) is 4.70. The number of hydrogen-bond donors (Lipinski definition) is 0. The van der Waals surface area contributed by atoms with Crippen molar-refractivity contribution >= 4 is 22.9 Å². The van der Waals surface area contributed by atoms with Crippen molar-refractivity contribution in [1.29, 1.82) is 0 Å².